The second-order valence-corrected chi connectivity index (χ2v) is 4.86. The Morgan fingerprint density at radius 2 is 2.24 bits per heavy atom. The first-order valence-electron chi connectivity index (χ1n) is 6.02. The van der Waals surface area contributed by atoms with Crippen LogP contribution in [0.15, 0.2) is 11.6 Å². The number of hydrogen-bond donors (Lipinski definition) is 2. The number of carbonyl (C=O) groups is 2. The van der Waals surface area contributed by atoms with E-state index in [4.69, 9.17) is 5.11 Å². The van der Waals surface area contributed by atoms with Crippen molar-refractivity contribution in [2.24, 2.45) is 5.92 Å². The zero-order valence-electron chi connectivity index (χ0n) is 9.98. The zero-order chi connectivity index (χ0) is 12.4. The summed E-state index contributed by atoms with van der Waals surface area (Å²) in [4.78, 5) is 24.6. The highest BCUT2D eigenvalue weighted by Crippen LogP contribution is 2.32. The number of carboxylic acids is 1. The largest absolute Gasteiger partial charge is 0.480 e. The lowest BCUT2D eigenvalue weighted by atomic mass is 10.1. The Kier molecular flexibility index (Phi) is 3.36. The van der Waals surface area contributed by atoms with Gasteiger partial charge in [0.05, 0.1) is 0 Å². The van der Waals surface area contributed by atoms with Crippen molar-refractivity contribution < 1.29 is 14.7 Å². The molecule has 1 aliphatic carbocycles. The van der Waals surface area contributed by atoms with Gasteiger partial charge in [0, 0.05) is 13.1 Å². The van der Waals surface area contributed by atoms with E-state index in [1.165, 1.54) is 0 Å². The fourth-order valence-electron chi connectivity index (χ4n) is 2.12. The Balaban J connectivity index is 1.91. The van der Waals surface area contributed by atoms with Gasteiger partial charge in [0.2, 0.25) is 0 Å². The minimum Gasteiger partial charge on any atom is -0.480 e. The van der Waals surface area contributed by atoms with Crippen molar-refractivity contribution in [3.05, 3.63) is 11.6 Å². The van der Waals surface area contributed by atoms with E-state index in [1.54, 1.807) is 4.90 Å². The van der Waals surface area contributed by atoms with Gasteiger partial charge in [-0.25, -0.2) is 9.59 Å². The van der Waals surface area contributed by atoms with Crippen molar-refractivity contribution in [1.82, 2.24) is 10.2 Å². The lowest BCUT2D eigenvalue weighted by molar-refractivity contribution is -0.139. The van der Waals surface area contributed by atoms with E-state index >= 15 is 0 Å². The Morgan fingerprint density at radius 3 is 2.76 bits per heavy atom. The Bertz CT molecular complexity index is 361. The van der Waals surface area contributed by atoms with Crippen LogP contribution in [-0.2, 0) is 4.79 Å². The van der Waals surface area contributed by atoms with Gasteiger partial charge in [0.15, 0.2) is 0 Å². The molecule has 1 unspecified atom stereocenters. The van der Waals surface area contributed by atoms with Gasteiger partial charge in [-0.15, -0.1) is 0 Å². The van der Waals surface area contributed by atoms with Crippen molar-refractivity contribution in [3.63, 3.8) is 0 Å². The van der Waals surface area contributed by atoms with E-state index in [9.17, 15) is 9.59 Å². The number of aliphatic carboxylic acids is 1. The number of amides is 2. The van der Waals surface area contributed by atoms with Crippen molar-refractivity contribution in [3.8, 4) is 0 Å². The third-order valence-corrected chi connectivity index (χ3v) is 3.26. The molecule has 2 rings (SSSR count). The van der Waals surface area contributed by atoms with E-state index in [2.05, 4.69) is 11.4 Å². The van der Waals surface area contributed by atoms with Crippen molar-refractivity contribution in [2.75, 3.05) is 13.1 Å². The Morgan fingerprint density at radius 1 is 1.53 bits per heavy atom. The lowest BCUT2D eigenvalue weighted by Gasteiger charge is -2.27. The molecule has 1 fully saturated rings. The highest BCUT2D eigenvalue weighted by Gasteiger charge is 2.38. The van der Waals surface area contributed by atoms with Crippen LogP contribution in [0.1, 0.15) is 26.2 Å². The number of carboxylic acid groups (broad SMARTS) is 1. The molecular weight excluding hydrogens is 220 g/mol. The summed E-state index contributed by atoms with van der Waals surface area (Å²) < 4.78 is 0. The van der Waals surface area contributed by atoms with Gasteiger partial charge in [-0.3, -0.25) is 0 Å². The maximum Gasteiger partial charge on any atom is 0.326 e. The molecule has 94 valence electrons. The Labute approximate surface area is 100 Å². The molecule has 1 heterocycles. The van der Waals surface area contributed by atoms with Crippen LogP contribution in [0.2, 0.25) is 0 Å². The summed E-state index contributed by atoms with van der Waals surface area (Å²) in [5.41, 5.74) is 1.16. The standard InChI is InChI=1S/C12H18N2O3/c1-8-3-2-6-14(7-8)12(17)13-10(11(15)16)9-4-5-9/h3,9-10H,2,4-7H2,1H3,(H,13,17)(H,15,16). The van der Waals surface area contributed by atoms with Crippen LogP contribution in [0.25, 0.3) is 0 Å². The number of nitrogens with one attached hydrogen (secondary N) is 1. The van der Waals surface area contributed by atoms with Gasteiger partial charge in [-0.2, -0.15) is 0 Å². The summed E-state index contributed by atoms with van der Waals surface area (Å²) in [6, 6.07) is -0.967. The van der Waals surface area contributed by atoms with Crippen molar-refractivity contribution in [1.29, 1.82) is 0 Å². The highest BCUT2D eigenvalue weighted by molar-refractivity contribution is 5.83. The van der Waals surface area contributed by atoms with Gasteiger partial charge in [0.1, 0.15) is 6.04 Å². The molecule has 1 saturated carbocycles. The first-order valence-corrected chi connectivity index (χ1v) is 6.02. The minimum absolute atomic E-state index is 0.123. The van der Waals surface area contributed by atoms with Crippen LogP contribution in [0.4, 0.5) is 4.79 Å². The molecular formula is C12H18N2O3. The molecule has 2 amide bonds. The number of hydrogen-bond acceptors (Lipinski definition) is 2. The molecule has 17 heavy (non-hydrogen) atoms. The SMILES string of the molecule is CC1=CCCN(C(=O)NC(C(=O)O)C2CC2)C1. The van der Waals surface area contributed by atoms with E-state index in [1.807, 2.05) is 6.92 Å². The summed E-state index contributed by atoms with van der Waals surface area (Å²) in [5.74, 6) is -0.803. The summed E-state index contributed by atoms with van der Waals surface area (Å²) in [6.07, 6.45) is 4.76. The monoisotopic (exact) mass is 238 g/mol. The molecule has 5 nitrogen and oxygen atoms in total. The Hall–Kier alpha value is -1.52. The molecule has 0 aromatic rings. The summed E-state index contributed by atoms with van der Waals surface area (Å²) in [5, 5.41) is 11.7. The van der Waals surface area contributed by atoms with Crippen LogP contribution in [-0.4, -0.2) is 41.1 Å². The van der Waals surface area contributed by atoms with E-state index in [-0.39, 0.29) is 11.9 Å². The first-order chi connectivity index (χ1) is 8.08. The highest BCUT2D eigenvalue weighted by atomic mass is 16.4. The van der Waals surface area contributed by atoms with E-state index in [0.717, 1.165) is 24.8 Å². The summed E-state index contributed by atoms with van der Waals surface area (Å²) in [7, 11) is 0. The smallest absolute Gasteiger partial charge is 0.326 e. The van der Waals surface area contributed by atoms with Crippen molar-refractivity contribution >= 4 is 12.0 Å². The van der Waals surface area contributed by atoms with Crippen molar-refractivity contribution in [2.45, 2.75) is 32.2 Å². The topological polar surface area (TPSA) is 69.6 Å². The fraction of sp³-hybridized carbons (Fsp3) is 0.667. The van der Waals surface area contributed by atoms with E-state index in [0.29, 0.717) is 13.1 Å². The van der Waals surface area contributed by atoms with Crippen LogP contribution in [0.3, 0.4) is 0 Å². The molecule has 0 bridgehead atoms. The number of rotatable bonds is 3. The molecule has 2 N–H and O–H groups in total. The van der Waals surface area contributed by atoms with Crippen LogP contribution in [0.5, 0.6) is 0 Å². The maximum atomic E-state index is 11.9. The number of nitrogens with zero attached hydrogens (tertiary/aromatic N) is 1. The summed E-state index contributed by atoms with van der Waals surface area (Å²) >= 11 is 0. The van der Waals surface area contributed by atoms with E-state index < -0.39 is 12.0 Å². The molecule has 5 heteroatoms. The second kappa shape index (κ2) is 4.77. The van der Waals surface area contributed by atoms with Crippen LogP contribution >= 0.6 is 0 Å². The predicted molar refractivity (Wildman–Crippen MR) is 62.6 cm³/mol. The summed E-state index contributed by atoms with van der Waals surface area (Å²) in [6.45, 7) is 3.25. The van der Waals surface area contributed by atoms with Crippen LogP contribution in [0, 0.1) is 5.92 Å². The van der Waals surface area contributed by atoms with Gasteiger partial charge in [-0.1, -0.05) is 11.6 Å². The quantitative estimate of drug-likeness (QED) is 0.726. The van der Waals surface area contributed by atoms with Crippen LogP contribution < -0.4 is 5.32 Å². The lowest BCUT2D eigenvalue weighted by Crippen LogP contribution is -2.50. The molecule has 2 aliphatic rings. The zero-order valence-corrected chi connectivity index (χ0v) is 9.98. The second-order valence-electron chi connectivity index (χ2n) is 4.86. The normalized spacial score (nSPS) is 21.7. The molecule has 0 aromatic carbocycles. The number of carbonyl (C=O) groups excluding carboxylic acids is 1. The van der Waals surface area contributed by atoms with Gasteiger partial charge < -0.3 is 15.3 Å². The molecule has 0 radical (unpaired) electrons. The molecule has 1 aliphatic heterocycles. The third kappa shape index (κ3) is 2.99. The van der Waals surface area contributed by atoms with Gasteiger partial charge >= 0.3 is 12.0 Å². The number of urea groups is 1. The third-order valence-electron chi connectivity index (χ3n) is 3.26. The molecule has 0 saturated heterocycles. The fourth-order valence-corrected chi connectivity index (χ4v) is 2.12. The molecule has 0 spiro atoms. The minimum atomic E-state index is -0.926. The average Bonchev–Trinajstić information content (AvgIpc) is 3.09. The van der Waals surface area contributed by atoms with Gasteiger partial charge in [-0.05, 0) is 32.1 Å². The molecule has 0 aromatic heterocycles. The average molecular weight is 238 g/mol. The predicted octanol–water partition coefficient (Wildman–Crippen LogP) is 1.21. The van der Waals surface area contributed by atoms with Gasteiger partial charge in [0.25, 0.3) is 0 Å². The maximum absolute atomic E-state index is 11.9. The molecule has 1 atom stereocenters. The first kappa shape index (κ1) is 12.0.